The Balaban J connectivity index is 1.78. The Morgan fingerprint density at radius 3 is 2.61 bits per heavy atom. The molecule has 1 heterocycles. The molecule has 146 valence electrons. The molecule has 0 saturated heterocycles. The Bertz CT molecular complexity index is 987. The molecule has 5 heteroatoms. The molecular weight excluding hydrogens is 352 g/mol. The van der Waals surface area contributed by atoms with Crippen molar-refractivity contribution in [1.29, 1.82) is 0 Å². The second-order valence-corrected chi connectivity index (χ2v) is 7.41. The van der Waals surface area contributed by atoms with Crippen molar-refractivity contribution in [2.24, 2.45) is 0 Å². The summed E-state index contributed by atoms with van der Waals surface area (Å²) in [5.74, 6) is -0.128. The highest BCUT2D eigenvalue weighted by atomic mass is 16.5. The predicted molar refractivity (Wildman–Crippen MR) is 110 cm³/mol. The molecule has 2 N–H and O–H groups in total. The van der Waals surface area contributed by atoms with Crippen LogP contribution in [0, 0.1) is 0 Å². The van der Waals surface area contributed by atoms with E-state index in [4.69, 9.17) is 4.74 Å². The summed E-state index contributed by atoms with van der Waals surface area (Å²) in [5, 5.41) is 14.6. The number of para-hydroxylation sites is 2. The average Bonchev–Trinajstić information content (AvgIpc) is 3.33. The molecular formula is C23H26N2O3. The Kier molecular flexibility index (Phi) is 5.35. The number of nitrogens with one attached hydrogen (secondary N) is 1. The second-order valence-electron chi connectivity index (χ2n) is 7.41. The van der Waals surface area contributed by atoms with Crippen LogP contribution in [0.5, 0.6) is 5.75 Å². The lowest BCUT2D eigenvalue weighted by Crippen LogP contribution is -2.26. The van der Waals surface area contributed by atoms with E-state index in [0.29, 0.717) is 24.8 Å². The number of nitrogens with zero attached hydrogens (tertiary/aromatic N) is 1. The van der Waals surface area contributed by atoms with Gasteiger partial charge >= 0.3 is 5.97 Å². The molecule has 0 atom stereocenters. The van der Waals surface area contributed by atoms with Gasteiger partial charge in [-0.3, -0.25) is 0 Å². The first-order chi connectivity index (χ1) is 13.7. The van der Waals surface area contributed by atoms with Crippen LogP contribution < -0.4 is 10.1 Å². The zero-order valence-corrected chi connectivity index (χ0v) is 16.1. The zero-order valence-electron chi connectivity index (χ0n) is 16.1. The smallest absolute Gasteiger partial charge is 0.352 e. The number of hydrogen-bond donors (Lipinski definition) is 2. The minimum atomic E-state index is -0.894. The van der Waals surface area contributed by atoms with Gasteiger partial charge in [-0.15, -0.1) is 0 Å². The fraction of sp³-hybridized carbons (Fsp3) is 0.348. The van der Waals surface area contributed by atoms with Gasteiger partial charge in [0.25, 0.3) is 0 Å². The van der Waals surface area contributed by atoms with Gasteiger partial charge in [0.05, 0.1) is 13.7 Å². The summed E-state index contributed by atoms with van der Waals surface area (Å²) in [4.78, 5) is 12.3. The van der Waals surface area contributed by atoms with Gasteiger partial charge in [-0.25, -0.2) is 4.79 Å². The van der Waals surface area contributed by atoms with Crippen LogP contribution in [0.2, 0.25) is 0 Å². The van der Waals surface area contributed by atoms with E-state index in [1.165, 1.54) is 25.7 Å². The SMILES string of the molecule is COc1ccccc1Cn1c(C(=O)O)c(CNC2CCCC2)c2ccccc21. The normalized spacial score (nSPS) is 14.6. The zero-order chi connectivity index (χ0) is 19.5. The Hall–Kier alpha value is -2.79. The minimum Gasteiger partial charge on any atom is -0.496 e. The Morgan fingerprint density at radius 1 is 1.14 bits per heavy atom. The molecule has 4 rings (SSSR count). The lowest BCUT2D eigenvalue weighted by Gasteiger charge is -2.14. The van der Waals surface area contributed by atoms with Gasteiger partial charge in [0, 0.05) is 34.6 Å². The van der Waals surface area contributed by atoms with Crippen LogP contribution in [0.4, 0.5) is 0 Å². The van der Waals surface area contributed by atoms with E-state index in [1.807, 2.05) is 53.1 Å². The third kappa shape index (κ3) is 3.50. The predicted octanol–water partition coefficient (Wildman–Crippen LogP) is 4.43. The van der Waals surface area contributed by atoms with Gasteiger partial charge in [0.1, 0.15) is 11.4 Å². The number of rotatable bonds is 7. The highest BCUT2D eigenvalue weighted by molar-refractivity contribution is 5.98. The highest BCUT2D eigenvalue weighted by Gasteiger charge is 2.24. The lowest BCUT2D eigenvalue weighted by molar-refractivity contribution is 0.0684. The number of benzene rings is 2. The molecule has 0 radical (unpaired) electrons. The van der Waals surface area contributed by atoms with E-state index in [9.17, 15) is 9.90 Å². The van der Waals surface area contributed by atoms with Crippen molar-refractivity contribution in [3.05, 3.63) is 65.4 Å². The Labute approximate surface area is 164 Å². The first-order valence-electron chi connectivity index (χ1n) is 9.87. The van der Waals surface area contributed by atoms with Crippen LogP contribution in [-0.2, 0) is 13.1 Å². The number of carboxylic acids is 1. The topological polar surface area (TPSA) is 63.5 Å². The van der Waals surface area contributed by atoms with Crippen molar-refractivity contribution >= 4 is 16.9 Å². The summed E-state index contributed by atoms with van der Waals surface area (Å²) >= 11 is 0. The summed E-state index contributed by atoms with van der Waals surface area (Å²) in [6.45, 7) is 1.03. The molecule has 28 heavy (non-hydrogen) atoms. The molecule has 5 nitrogen and oxygen atoms in total. The molecule has 0 aliphatic heterocycles. The van der Waals surface area contributed by atoms with Crippen LogP contribution in [0.3, 0.4) is 0 Å². The van der Waals surface area contributed by atoms with Crippen LogP contribution in [0.15, 0.2) is 48.5 Å². The molecule has 0 bridgehead atoms. The van der Waals surface area contributed by atoms with Crippen LogP contribution in [0.25, 0.3) is 10.9 Å². The largest absolute Gasteiger partial charge is 0.496 e. The van der Waals surface area contributed by atoms with Gasteiger partial charge < -0.3 is 19.7 Å². The molecule has 1 saturated carbocycles. The first-order valence-corrected chi connectivity index (χ1v) is 9.87. The maximum atomic E-state index is 12.3. The van der Waals surface area contributed by atoms with Gasteiger partial charge in [0.15, 0.2) is 0 Å². The summed E-state index contributed by atoms with van der Waals surface area (Å²) in [5.41, 5.74) is 3.13. The van der Waals surface area contributed by atoms with Gasteiger partial charge in [-0.2, -0.15) is 0 Å². The fourth-order valence-corrected chi connectivity index (χ4v) is 4.34. The number of aromatic carboxylic acids is 1. The van der Waals surface area contributed by atoms with Crippen molar-refractivity contribution in [1.82, 2.24) is 9.88 Å². The molecule has 0 amide bonds. The van der Waals surface area contributed by atoms with Crippen LogP contribution >= 0.6 is 0 Å². The maximum absolute atomic E-state index is 12.3. The molecule has 3 aromatic rings. The van der Waals surface area contributed by atoms with Crippen molar-refractivity contribution < 1.29 is 14.6 Å². The van der Waals surface area contributed by atoms with Crippen molar-refractivity contribution in [2.45, 2.75) is 44.8 Å². The molecule has 1 aliphatic carbocycles. The number of carboxylic acid groups (broad SMARTS) is 1. The number of hydrogen-bond acceptors (Lipinski definition) is 3. The number of ether oxygens (including phenoxy) is 1. The van der Waals surface area contributed by atoms with E-state index < -0.39 is 5.97 Å². The summed E-state index contributed by atoms with van der Waals surface area (Å²) < 4.78 is 7.38. The second kappa shape index (κ2) is 8.07. The van der Waals surface area contributed by atoms with Gasteiger partial charge in [0.2, 0.25) is 0 Å². The molecule has 2 aromatic carbocycles. The standard InChI is InChI=1S/C23H26N2O3/c1-28-21-13-7-2-8-16(21)15-25-20-12-6-5-11-18(20)19(22(25)23(26)27)14-24-17-9-3-4-10-17/h2,5-8,11-13,17,24H,3-4,9-10,14-15H2,1H3,(H,26,27). The van der Waals surface area contributed by atoms with Crippen molar-refractivity contribution in [3.8, 4) is 5.75 Å². The van der Waals surface area contributed by atoms with Gasteiger partial charge in [-0.1, -0.05) is 49.2 Å². The fourth-order valence-electron chi connectivity index (χ4n) is 4.34. The molecule has 1 aliphatic rings. The van der Waals surface area contributed by atoms with Gasteiger partial charge in [-0.05, 0) is 25.0 Å². The van der Waals surface area contributed by atoms with Crippen molar-refractivity contribution in [2.75, 3.05) is 7.11 Å². The summed E-state index contributed by atoms with van der Waals surface area (Å²) in [7, 11) is 1.64. The van der Waals surface area contributed by atoms with Crippen LogP contribution in [-0.4, -0.2) is 28.8 Å². The summed E-state index contributed by atoms with van der Waals surface area (Å²) in [6.07, 6.45) is 4.84. The minimum absolute atomic E-state index is 0.359. The highest BCUT2D eigenvalue weighted by Crippen LogP contribution is 2.30. The number of aromatic nitrogens is 1. The molecule has 0 spiro atoms. The molecule has 1 fully saturated rings. The maximum Gasteiger partial charge on any atom is 0.352 e. The quantitative estimate of drug-likeness (QED) is 0.638. The van der Waals surface area contributed by atoms with E-state index >= 15 is 0 Å². The molecule has 1 aromatic heterocycles. The third-order valence-corrected chi connectivity index (χ3v) is 5.72. The number of carbonyl (C=O) groups is 1. The van der Waals surface area contributed by atoms with E-state index in [1.54, 1.807) is 7.11 Å². The van der Waals surface area contributed by atoms with Crippen molar-refractivity contribution in [3.63, 3.8) is 0 Å². The summed E-state index contributed by atoms with van der Waals surface area (Å²) in [6, 6.07) is 16.2. The number of fused-ring (bicyclic) bond motifs is 1. The van der Waals surface area contributed by atoms with E-state index in [0.717, 1.165) is 27.8 Å². The average molecular weight is 378 g/mol. The van der Waals surface area contributed by atoms with Crippen LogP contribution in [0.1, 0.15) is 47.3 Å². The first kappa shape index (κ1) is 18.6. The van der Waals surface area contributed by atoms with E-state index in [2.05, 4.69) is 5.32 Å². The number of methoxy groups -OCH3 is 1. The monoisotopic (exact) mass is 378 g/mol. The molecule has 0 unspecified atom stereocenters. The Morgan fingerprint density at radius 2 is 1.86 bits per heavy atom. The third-order valence-electron chi connectivity index (χ3n) is 5.72. The van der Waals surface area contributed by atoms with E-state index in [-0.39, 0.29) is 0 Å². The lowest BCUT2D eigenvalue weighted by atomic mass is 10.1.